The number of nitro benzene ring substituents is 1. The minimum atomic E-state index is -3.56. The SMILES string of the molecule is CS(=O)(=O)c1ccc(NCC2(c3cccc(F)c3)CCOCC2)c([N+](=O)[O-])c1. The predicted octanol–water partition coefficient (Wildman–Crippen LogP) is 3.30. The second-order valence-corrected chi connectivity index (χ2v) is 8.98. The quantitative estimate of drug-likeness (QED) is 0.582. The van der Waals surface area contributed by atoms with Crippen molar-refractivity contribution in [3.05, 3.63) is 64.0 Å². The molecule has 0 bridgehead atoms. The van der Waals surface area contributed by atoms with E-state index in [0.717, 1.165) is 17.9 Å². The number of halogens is 1. The van der Waals surface area contributed by atoms with Gasteiger partial charge in [0.25, 0.3) is 5.69 Å². The number of nitrogens with one attached hydrogen (secondary N) is 1. The standard InChI is InChI=1S/C19H21FN2O5S/c1-28(25,26)16-5-6-17(18(12-16)22(23)24)21-13-19(7-9-27-10-8-19)14-3-2-4-15(20)11-14/h2-6,11-12,21H,7-10,13H2,1H3. The molecule has 0 unspecified atom stereocenters. The van der Waals surface area contributed by atoms with Gasteiger partial charge in [0, 0.05) is 37.5 Å². The van der Waals surface area contributed by atoms with Crippen molar-refractivity contribution in [3.8, 4) is 0 Å². The van der Waals surface area contributed by atoms with Crippen LogP contribution in [0.2, 0.25) is 0 Å². The average Bonchev–Trinajstić information content (AvgIpc) is 2.66. The van der Waals surface area contributed by atoms with Crippen LogP contribution in [0, 0.1) is 15.9 Å². The fourth-order valence-electron chi connectivity index (χ4n) is 3.46. The van der Waals surface area contributed by atoms with E-state index in [-0.39, 0.29) is 22.1 Å². The summed E-state index contributed by atoms with van der Waals surface area (Å²) < 4.78 is 42.6. The highest BCUT2D eigenvalue weighted by Gasteiger charge is 2.35. The molecule has 0 spiro atoms. The molecule has 1 fully saturated rings. The number of hydrogen-bond acceptors (Lipinski definition) is 6. The zero-order valence-electron chi connectivity index (χ0n) is 15.4. The van der Waals surface area contributed by atoms with Crippen molar-refractivity contribution in [1.29, 1.82) is 0 Å². The molecule has 150 valence electrons. The van der Waals surface area contributed by atoms with E-state index in [1.165, 1.54) is 24.3 Å². The Morgan fingerprint density at radius 2 is 1.93 bits per heavy atom. The van der Waals surface area contributed by atoms with Crippen LogP contribution in [0.1, 0.15) is 18.4 Å². The van der Waals surface area contributed by atoms with Gasteiger partial charge >= 0.3 is 0 Å². The van der Waals surface area contributed by atoms with Crippen LogP contribution in [0.3, 0.4) is 0 Å². The van der Waals surface area contributed by atoms with Gasteiger partial charge < -0.3 is 10.1 Å². The Morgan fingerprint density at radius 1 is 1.21 bits per heavy atom. The van der Waals surface area contributed by atoms with Crippen LogP contribution in [0.4, 0.5) is 15.8 Å². The molecule has 2 aromatic rings. The largest absolute Gasteiger partial charge is 0.381 e. The minimum Gasteiger partial charge on any atom is -0.381 e. The van der Waals surface area contributed by atoms with Gasteiger partial charge in [0.15, 0.2) is 9.84 Å². The Balaban J connectivity index is 1.93. The van der Waals surface area contributed by atoms with Gasteiger partial charge in [0.1, 0.15) is 11.5 Å². The lowest BCUT2D eigenvalue weighted by Gasteiger charge is -2.38. The molecule has 9 heteroatoms. The van der Waals surface area contributed by atoms with E-state index in [9.17, 15) is 22.9 Å². The summed E-state index contributed by atoms with van der Waals surface area (Å²) in [7, 11) is -3.56. The van der Waals surface area contributed by atoms with Crippen molar-refractivity contribution in [2.45, 2.75) is 23.2 Å². The van der Waals surface area contributed by atoms with Gasteiger partial charge in [-0.2, -0.15) is 0 Å². The molecule has 0 atom stereocenters. The first-order valence-corrected chi connectivity index (χ1v) is 10.7. The number of rotatable bonds is 6. The maximum Gasteiger partial charge on any atom is 0.293 e. The van der Waals surface area contributed by atoms with Gasteiger partial charge in [-0.3, -0.25) is 10.1 Å². The van der Waals surface area contributed by atoms with Crippen LogP contribution < -0.4 is 5.32 Å². The Labute approximate surface area is 162 Å². The molecule has 3 rings (SSSR count). The van der Waals surface area contributed by atoms with Crippen LogP contribution in [-0.2, 0) is 20.0 Å². The molecular weight excluding hydrogens is 387 g/mol. The zero-order chi connectivity index (χ0) is 20.4. The molecule has 2 aromatic carbocycles. The molecule has 0 radical (unpaired) electrons. The molecule has 28 heavy (non-hydrogen) atoms. The molecule has 0 aliphatic carbocycles. The second-order valence-electron chi connectivity index (χ2n) is 6.96. The van der Waals surface area contributed by atoms with E-state index in [4.69, 9.17) is 4.74 Å². The summed E-state index contributed by atoms with van der Waals surface area (Å²) in [5, 5.41) is 14.5. The minimum absolute atomic E-state index is 0.115. The van der Waals surface area contributed by atoms with Crippen LogP contribution in [0.25, 0.3) is 0 Å². The molecule has 0 aromatic heterocycles. The summed E-state index contributed by atoms with van der Waals surface area (Å²) in [6.07, 6.45) is 2.28. The predicted molar refractivity (Wildman–Crippen MR) is 103 cm³/mol. The lowest BCUT2D eigenvalue weighted by molar-refractivity contribution is -0.384. The lowest BCUT2D eigenvalue weighted by Crippen LogP contribution is -2.40. The average molecular weight is 408 g/mol. The van der Waals surface area contributed by atoms with Gasteiger partial charge in [-0.05, 0) is 42.7 Å². The molecule has 7 nitrogen and oxygen atoms in total. The summed E-state index contributed by atoms with van der Waals surface area (Å²) in [6.45, 7) is 1.35. The Hall–Kier alpha value is -2.52. The van der Waals surface area contributed by atoms with Gasteiger partial charge in [-0.25, -0.2) is 12.8 Å². The summed E-state index contributed by atoms with van der Waals surface area (Å²) >= 11 is 0. The number of nitro groups is 1. The van der Waals surface area contributed by atoms with E-state index >= 15 is 0 Å². The Bertz CT molecular complexity index is 988. The Kier molecular flexibility index (Phi) is 5.66. The number of anilines is 1. The molecule has 1 N–H and O–H groups in total. The van der Waals surface area contributed by atoms with E-state index < -0.39 is 20.2 Å². The van der Waals surface area contributed by atoms with Crippen molar-refractivity contribution < 1.29 is 22.5 Å². The first kappa shape index (κ1) is 20.2. The maximum absolute atomic E-state index is 13.8. The fraction of sp³-hybridized carbons (Fsp3) is 0.368. The first-order chi connectivity index (χ1) is 13.2. The fourth-order valence-corrected chi connectivity index (χ4v) is 4.10. The van der Waals surface area contributed by atoms with Gasteiger partial charge in [0.05, 0.1) is 9.82 Å². The molecule has 1 saturated heterocycles. The number of hydrogen-bond donors (Lipinski definition) is 1. The van der Waals surface area contributed by atoms with Gasteiger partial charge in [-0.15, -0.1) is 0 Å². The van der Waals surface area contributed by atoms with Crippen molar-refractivity contribution in [3.63, 3.8) is 0 Å². The zero-order valence-corrected chi connectivity index (χ0v) is 16.2. The number of sulfone groups is 1. The molecule has 1 heterocycles. The summed E-state index contributed by atoms with van der Waals surface area (Å²) in [4.78, 5) is 10.7. The van der Waals surface area contributed by atoms with Gasteiger partial charge in [-0.1, -0.05) is 12.1 Å². The topological polar surface area (TPSA) is 98.5 Å². The third kappa shape index (κ3) is 4.31. The Morgan fingerprint density at radius 3 is 2.54 bits per heavy atom. The summed E-state index contributed by atoms with van der Waals surface area (Å²) in [5.41, 5.74) is 0.270. The van der Waals surface area contributed by atoms with Crippen LogP contribution >= 0.6 is 0 Å². The lowest BCUT2D eigenvalue weighted by atomic mass is 9.74. The summed E-state index contributed by atoms with van der Waals surface area (Å²) in [5.74, 6) is -0.341. The van der Waals surface area contributed by atoms with E-state index in [0.29, 0.717) is 32.6 Å². The number of nitrogens with zero attached hydrogens (tertiary/aromatic N) is 1. The van der Waals surface area contributed by atoms with E-state index in [2.05, 4.69) is 5.32 Å². The number of benzene rings is 2. The van der Waals surface area contributed by atoms with E-state index in [1.807, 2.05) is 6.07 Å². The smallest absolute Gasteiger partial charge is 0.293 e. The monoisotopic (exact) mass is 408 g/mol. The molecule has 1 aliphatic rings. The second kappa shape index (κ2) is 7.84. The normalized spacial score (nSPS) is 16.5. The molecular formula is C19H21FN2O5S. The maximum atomic E-state index is 13.8. The van der Waals surface area contributed by atoms with E-state index in [1.54, 1.807) is 6.07 Å². The first-order valence-electron chi connectivity index (χ1n) is 8.77. The highest BCUT2D eigenvalue weighted by atomic mass is 32.2. The van der Waals surface area contributed by atoms with Crippen molar-refractivity contribution in [1.82, 2.24) is 0 Å². The highest BCUT2D eigenvalue weighted by Crippen LogP contribution is 2.37. The van der Waals surface area contributed by atoms with Crippen molar-refractivity contribution >= 4 is 21.2 Å². The molecule has 0 amide bonds. The van der Waals surface area contributed by atoms with Crippen molar-refractivity contribution in [2.75, 3.05) is 31.3 Å². The summed E-state index contributed by atoms with van der Waals surface area (Å²) in [6, 6.07) is 10.1. The number of ether oxygens (including phenoxy) is 1. The van der Waals surface area contributed by atoms with Crippen LogP contribution in [0.15, 0.2) is 47.4 Å². The third-order valence-electron chi connectivity index (χ3n) is 5.10. The van der Waals surface area contributed by atoms with Gasteiger partial charge in [0.2, 0.25) is 0 Å². The van der Waals surface area contributed by atoms with Crippen LogP contribution in [0.5, 0.6) is 0 Å². The molecule has 0 saturated carbocycles. The van der Waals surface area contributed by atoms with Crippen molar-refractivity contribution in [2.24, 2.45) is 0 Å². The van der Waals surface area contributed by atoms with Crippen LogP contribution in [-0.4, -0.2) is 39.4 Å². The third-order valence-corrected chi connectivity index (χ3v) is 6.21. The molecule has 1 aliphatic heterocycles. The highest BCUT2D eigenvalue weighted by molar-refractivity contribution is 7.90.